The minimum absolute atomic E-state index is 0.0624. The first-order chi connectivity index (χ1) is 13.8. The van der Waals surface area contributed by atoms with Crippen molar-refractivity contribution in [2.24, 2.45) is 11.8 Å². The maximum absolute atomic E-state index is 13.5. The largest absolute Gasteiger partial charge is 0.396 e. The monoisotopic (exact) mass is 473 g/mol. The van der Waals surface area contributed by atoms with Crippen LogP contribution in [0.5, 0.6) is 0 Å². The van der Waals surface area contributed by atoms with E-state index in [0.717, 1.165) is 25.7 Å². The molecule has 3 rings (SSSR count). The van der Waals surface area contributed by atoms with Crippen LogP contribution in [0.1, 0.15) is 46.0 Å². The highest BCUT2D eigenvalue weighted by atomic mass is 79.9. The summed E-state index contributed by atoms with van der Waals surface area (Å²) in [6.07, 6.45) is 3.32. The molecule has 1 spiro atoms. The van der Waals surface area contributed by atoms with Crippen LogP contribution in [0, 0.1) is 11.8 Å². The van der Waals surface area contributed by atoms with Crippen molar-refractivity contribution in [3.8, 4) is 0 Å². The second kappa shape index (κ2) is 8.89. The van der Waals surface area contributed by atoms with Crippen molar-refractivity contribution in [3.05, 3.63) is 0 Å². The first-order valence-electron chi connectivity index (χ1n) is 10.5. The van der Waals surface area contributed by atoms with E-state index in [-0.39, 0.29) is 35.2 Å². The fourth-order valence-corrected chi connectivity index (χ4v) is 6.19. The lowest BCUT2D eigenvalue weighted by atomic mass is 9.70. The molecule has 3 fully saturated rings. The van der Waals surface area contributed by atoms with Crippen molar-refractivity contribution >= 4 is 33.7 Å². The molecule has 9 heteroatoms. The van der Waals surface area contributed by atoms with Gasteiger partial charge in [-0.05, 0) is 33.1 Å². The van der Waals surface area contributed by atoms with Gasteiger partial charge in [0, 0.05) is 31.1 Å². The fourth-order valence-electron chi connectivity index (χ4n) is 5.25. The molecule has 0 aliphatic carbocycles. The van der Waals surface area contributed by atoms with Crippen LogP contribution in [-0.2, 0) is 19.1 Å². The lowest BCUT2D eigenvalue weighted by Crippen LogP contribution is -2.56. The van der Waals surface area contributed by atoms with E-state index in [1.54, 1.807) is 11.9 Å². The van der Waals surface area contributed by atoms with E-state index in [0.29, 0.717) is 13.0 Å². The molecule has 3 saturated heterocycles. The van der Waals surface area contributed by atoms with Gasteiger partial charge in [-0.25, -0.2) is 0 Å². The quantitative estimate of drug-likeness (QED) is 0.334. The van der Waals surface area contributed by atoms with Crippen molar-refractivity contribution in [1.29, 1.82) is 0 Å². The number of aliphatic hydroxyl groups is 1. The fraction of sp³-hybridized carbons (Fsp3) is 0.850. The van der Waals surface area contributed by atoms with Gasteiger partial charge in [-0.15, -0.1) is 0 Å². The Balaban J connectivity index is 1.89. The summed E-state index contributed by atoms with van der Waals surface area (Å²) in [5.41, 5.74) is -0.975. The Morgan fingerprint density at radius 3 is 2.59 bits per heavy atom. The second-order valence-corrected chi connectivity index (χ2v) is 9.79. The highest BCUT2D eigenvalue weighted by Gasteiger charge is 2.76. The predicted octanol–water partition coefficient (Wildman–Crippen LogP) is 0.558. The van der Waals surface area contributed by atoms with Crippen molar-refractivity contribution < 1.29 is 24.2 Å². The second-order valence-electron chi connectivity index (χ2n) is 8.61. The average Bonchev–Trinajstić information content (AvgIpc) is 3.24. The van der Waals surface area contributed by atoms with Crippen LogP contribution in [0.2, 0.25) is 0 Å². The van der Waals surface area contributed by atoms with Gasteiger partial charge in [0.15, 0.2) is 0 Å². The third kappa shape index (κ3) is 3.81. The van der Waals surface area contributed by atoms with Crippen LogP contribution in [0.4, 0.5) is 0 Å². The number of likely N-dealkylation sites (tertiary alicyclic amines) is 1. The van der Waals surface area contributed by atoms with Crippen molar-refractivity contribution in [2.45, 2.75) is 74.6 Å². The Kier molecular flexibility index (Phi) is 6.90. The molecule has 0 aromatic carbocycles. The van der Waals surface area contributed by atoms with Gasteiger partial charge in [-0.1, -0.05) is 28.8 Å². The number of nitrogens with zero attached hydrogens (tertiary/aromatic N) is 1. The minimum Gasteiger partial charge on any atom is -0.396 e. The first-order valence-corrected chi connectivity index (χ1v) is 11.4. The van der Waals surface area contributed by atoms with Gasteiger partial charge in [-0.3, -0.25) is 14.4 Å². The molecule has 3 aliphatic rings. The number of alkyl halides is 1. The van der Waals surface area contributed by atoms with Gasteiger partial charge in [0.1, 0.15) is 11.6 Å². The minimum atomic E-state index is -0.975. The lowest BCUT2D eigenvalue weighted by Gasteiger charge is -2.34. The van der Waals surface area contributed by atoms with Crippen LogP contribution in [0.15, 0.2) is 0 Å². The summed E-state index contributed by atoms with van der Waals surface area (Å²) < 4.78 is 6.33. The zero-order valence-corrected chi connectivity index (χ0v) is 18.9. The topological polar surface area (TPSA) is 108 Å². The highest BCUT2D eigenvalue weighted by molar-refractivity contribution is 9.09. The summed E-state index contributed by atoms with van der Waals surface area (Å²) in [5, 5.41) is 14.6. The number of hydrogen-bond donors (Lipinski definition) is 3. The molecule has 3 unspecified atom stereocenters. The van der Waals surface area contributed by atoms with E-state index in [9.17, 15) is 14.4 Å². The zero-order chi connectivity index (χ0) is 21.3. The van der Waals surface area contributed by atoms with E-state index in [1.165, 1.54) is 0 Å². The third-order valence-electron chi connectivity index (χ3n) is 6.32. The maximum atomic E-state index is 13.5. The molecule has 0 saturated carbocycles. The Morgan fingerprint density at radius 1 is 1.28 bits per heavy atom. The van der Waals surface area contributed by atoms with Crippen LogP contribution < -0.4 is 10.6 Å². The SMILES string of the molecule is CNC(=O)[C@H]1[C@@H]2OC3(CC2Br)C(C(=O)NC(C)C)N(CCCCCCO)C(=O)[C@H]13. The van der Waals surface area contributed by atoms with Crippen molar-refractivity contribution in [2.75, 3.05) is 20.2 Å². The van der Waals surface area contributed by atoms with Crippen LogP contribution in [-0.4, -0.2) is 76.5 Å². The molecule has 3 aliphatic heterocycles. The smallest absolute Gasteiger partial charge is 0.246 e. The maximum Gasteiger partial charge on any atom is 0.246 e. The molecular formula is C20H32BrN3O5. The third-order valence-corrected chi connectivity index (χ3v) is 7.17. The van der Waals surface area contributed by atoms with E-state index in [4.69, 9.17) is 9.84 Å². The molecule has 2 bridgehead atoms. The molecule has 0 radical (unpaired) electrons. The molecule has 8 nitrogen and oxygen atoms in total. The van der Waals surface area contributed by atoms with Crippen molar-refractivity contribution in [3.63, 3.8) is 0 Å². The summed E-state index contributed by atoms with van der Waals surface area (Å²) in [6, 6.07) is -0.799. The Bertz CT molecular complexity index is 660. The number of nitrogens with one attached hydrogen (secondary N) is 2. The molecule has 164 valence electrons. The van der Waals surface area contributed by atoms with Gasteiger partial charge in [-0.2, -0.15) is 0 Å². The van der Waals surface area contributed by atoms with E-state index >= 15 is 0 Å². The molecule has 0 aromatic heterocycles. The number of carbonyl (C=O) groups excluding carboxylic acids is 3. The summed E-state index contributed by atoms with van der Waals surface area (Å²) in [5.74, 6) is -1.83. The summed E-state index contributed by atoms with van der Waals surface area (Å²) >= 11 is 3.62. The van der Waals surface area contributed by atoms with Crippen molar-refractivity contribution in [1.82, 2.24) is 15.5 Å². The number of aliphatic hydroxyl groups excluding tert-OH is 1. The molecule has 6 atom stereocenters. The number of unbranched alkanes of at least 4 members (excludes halogenated alkanes) is 3. The number of hydrogen-bond acceptors (Lipinski definition) is 5. The summed E-state index contributed by atoms with van der Waals surface area (Å²) in [6.45, 7) is 4.37. The first kappa shape index (κ1) is 22.5. The lowest BCUT2D eigenvalue weighted by molar-refractivity contribution is -0.142. The average molecular weight is 474 g/mol. The Hall–Kier alpha value is -1.19. The molecular weight excluding hydrogens is 442 g/mol. The molecule has 3 amide bonds. The van der Waals surface area contributed by atoms with Gasteiger partial charge in [0.25, 0.3) is 0 Å². The Labute approximate surface area is 180 Å². The van der Waals surface area contributed by atoms with E-state index in [1.807, 2.05) is 13.8 Å². The standard InChI is InChI=1S/C20H32BrN3O5/c1-11(2)23-18(27)16-20-10-12(21)15(29-20)13(17(26)22-3)14(20)19(28)24(16)8-6-4-5-7-9-25/h11-16,25H,4-10H2,1-3H3,(H,22,26)(H,23,27)/t12?,13-,14+,15-,16?,20?/m1/s1. The molecule has 3 N–H and O–H groups in total. The number of carbonyl (C=O) groups is 3. The van der Waals surface area contributed by atoms with Crippen LogP contribution in [0.25, 0.3) is 0 Å². The number of ether oxygens (including phenoxy) is 1. The van der Waals surface area contributed by atoms with Gasteiger partial charge in [0.05, 0.1) is 17.9 Å². The summed E-state index contributed by atoms with van der Waals surface area (Å²) in [7, 11) is 1.56. The summed E-state index contributed by atoms with van der Waals surface area (Å²) in [4.78, 5) is 40.8. The normalized spacial score (nSPS) is 35.3. The molecule has 29 heavy (non-hydrogen) atoms. The van der Waals surface area contributed by atoms with Gasteiger partial charge >= 0.3 is 0 Å². The van der Waals surface area contributed by atoms with E-state index in [2.05, 4.69) is 26.6 Å². The molecule has 0 aromatic rings. The number of rotatable bonds is 9. The number of fused-ring (bicyclic) bond motifs is 1. The predicted molar refractivity (Wildman–Crippen MR) is 110 cm³/mol. The van der Waals surface area contributed by atoms with Crippen LogP contribution >= 0.6 is 15.9 Å². The van der Waals surface area contributed by atoms with E-state index < -0.39 is 29.6 Å². The number of amides is 3. The Morgan fingerprint density at radius 2 is 1.97 bits per heavy atom. The van der Waals surface area contributed by atoms with Gasteiger partial charge < -0.3 is 25.4 Å². The van der Waals surface area contributed by atoms with Gasteiger partial charge in [0.2, 0.25) is 17.7 Å². The highest BCUT2D eigenvalue weighted by Crippen LogP contribution is 2.59. The van der Waals surface area contributed by atoms with Crippen LogP contribution in [0.3, 0.4) is 0 Å². The molecule has 3 heterocycles. The zero-order valence-electron chi connectivity index (χ0n) is 17.3. The number of halogens is 1.